The Morgan fingerprint density at radius 1 is 1.40 bits per heavy atom. The van der Waals surface area contributed by atoms with Gasteiger partial charge in [0.2, 0.25) is 0 Å². The normalized spacial score (nSPS) is 4.80. The fourth-order valence-electron chi connectivity index (χ4n) is 0. The van der Waals surface area contributed by atoms with Gasteiger partial charge in [-0.05, 0) is 0 Å². The van der Waals surface area contributed by atoms with Crippen molar-refractivity contribution in [1.82, 2.24) is 0 Å². The maximum atomic E-state index is 8.25. The van der Waals surface area contributed by atoms with E-state index in [9.17, 15) is 0 Å². The second-order valence-corrected chi connectivity index (χ2v) is 0.224. The number of hydrogen-bond acceptors (Lipinski definition) is 3. The first-order chi connectivity index (χ1) is 1.73. The molecule has 0 aliphatic heterocycles. The SMILES string of the molecule is O=[N+]([O-])[O-].[Pu]. The Labute approximate surface area is 49.8 Å². The smallest absolute Gasteiger partial charge is 0.0689 e. The van der Waals surface area contributed by atoms with Crippen LogP contribution < -0.4 is 0 Å². The van der Waals surface area contributed by atoms with Crippen LogP contribution >= 0.6 is 0 Å². The molecule has 0 spiro atoms. The van der Waals surface area contributed by atoms with Crippen molar-refractivity contribution in [2.75, 3.05) is 0 Å². The van der Waals surface area contributed by atoms with Crippen LogP contribution in [0.1, 0.15) is 0 Å². The summed E-state index contributed by atoms with van der Waals surface area (Å²) in [6.45, 7) is 0. The van der Waals surface area contributed by atoms with E-state index in [-0.39, 0.29) is 29.2 Å². The summed E-state index contributed by atoms with van der Waals surface area (Å²) in [5, 5.41) is 14.8. The summed E-state index contributed by atoms with van der Waals surface area (Å²) in [6.07, 6.45) is 0. The molecule has 0 aliphatic carbocycles. The van der Waals surface area contributed by atoms with Crippen molar-refractivity contribution < 1.29 is 34.3 Å². The van der Waals surface area contributed by atoms with Gasteiger partial charge in [-0.3, -0.25) is 0 Å². The molecule has 0 saturated heterocycles. The third-order valence-corrected chi connectivity index (χ3v) is 0. The molecule has 0 rings (SSSR count). The minimum Gasteiger partial charge on any atom is -0.356 e. The summed E-state index contributed by atoms with van der Waals surface area (Å²) < 4.78 is 0. The molecule has 5 heavy (non-hydrogen) atoms. The molecule has 0 aromatic rings. The molecule has 0 aromatic heterocycles. The summed E-state index contributed by atoms with van der Waals surface area (Å²) in [5.41, 5.74) is 0. The Balaban J connectivity index is 0. The van der Waals surface area contributed by atoms with Crippen LogP contribution in [-0.4, -0.2) is 5.09 Å². The predicted molar refractivity (Wildman–Crippen MR) is 10.4 cm³/mol. The van der Waals surface area contributed by atoms with Gasteiger partial charge in [0, 0.05) is 29.2 Å². The fourth-order valence-corrected chi connectivity index (χ4v) is 0. The first kappa shape index (κ1) is 8.95. The molecule has 0 atom stereocenters. The van der Waals surface area contributed by atoms with Gasteiger partial charge in [-0.2, -0.15) is 0 Å². The monoisotopic (exact) mass is 300 g/mol. The first-order valence-corrected chi connectivity index (χ1v) is 0.548. The van der Waals surface area contributed by atoms with Gasteiger partial charge in [-0.15, -0.1) is 0 Å². The maximum Gasteiger partial charge on any atom is 0.0689 e. The van der Waals surface area contributed by atoms with E-state index >= 15 is 0 Å². The Morgan fingerprint density at radius 2 is 1.40 bits per heavy atom. The van der Waals surface area contributed by atoms with E-state index in [0.717, 1.165) is 0 Å². The Morgan fingerprint density at radius 3 is 1.40 bits per heavy atom. The van der Waals surface area contributed by atoms with Gasteiger partial charge in [0.1, 0.15) is 0 Å². The molecule has 0 amide bonds. The van der Waals surface area contributed by atoms with Crippen molar-refractivity contribution in [3.63, 3.8) is 0 Å². The molecule has 0 bridgehead atoms. The standard InChI is InChI=1S/NO3.Pu/c2-1(3)4;/q-1;. The molecule has 0 N–H and O–H groups in total. The van der Waals surface area contributed by atoms with Crippen molar-refractivity contribution in [2.24, 2.45) is 0 Å². The Kier molecular flexibility index (Phi) is 7.50. The quantitative estimate of drug-likeness (QED) is 0.458. The molecule has 30 valence electrons. The maximum absolute atomic E-state index is 8.25. The van der Waals surface area contributed by atoms with Crippen molar-refractivity contribution in [2.45, 2.75) is 0 Å². The van der Waals surface area contributed by atoms with Crippen molar-refractivity contribution in [3.8, 4) is 0 Å². The van der Waals surface area contributed by atoms with E-state index in [1.165, 1.54) is 0 Å². The van der Waals surface area contributed by atoms with Crippen molar-refractivity contribution in [3.05, 3.63) is 15.3 Å². The molecule has 4 nitrogen and oxygen atoms in total. The first-order valence-electron chi connectivity index (χ1n) is 0.548. The number of rotatable bonds is 0. The van der Waals surface area contributed by atoms with Crippen LogP contribution in [0.2, 0.25) is 0 Å². The zero-order valence-electron chi connectivity index (χ0n) is 2.08. The van der Waals surface area contributed by atoms with Crippen LogP contribution in [0.3, 0.4) is 0 Å². The minimum atomic E-state index is -1.75. The molecule has 0 unspecified atom stereocenters. The molecular weight excluding hydrogens is 306 g/mol. The zero-order chi connectivity index (χ0) is 3.58. The molecule has 0 heterocycles. The van der Waals surface area contributed by atoms with E-state index in [1.807, 2.05) is 0 Å². The second kappa shape index (κ2) is 4.19. The average Bonchev–Trinajstić information content (AvgIpc) is 0.811. The van der Waals surface area contributed by atoms with Crippen molar-refractivity contribution in [1.29, 1.82) is 0 Å². The van der Waals surface area contributed by atoms with Gasteiger partial charge in [0.25, 0.3) is 0 Å². The number of hydrogen-bond donors (Lipinski definition) is 0. The molecular formula is NO3Pu-. The van der Waals surface area contributed by atoms with Gasteiger partial charge in [0.05, 0.1) is 5.09 Å². The summed E-state index contributed by atoms with van der Waals surface area (Å²) in [4.78, 5) is 8.25. The van der Waals surface area contributed by atoms with E-state index in [0.29, 0.717) is 0 Å². The zero-order valence-corrected chi connectivity index (χ0v) is 5.48. The van der Waals surface area contributed by atoms with Gasteiger partial charge < -0.3 is 15.3 Å². The summed E-state index contributed by atoms with van der Waals surface area (Å²) >= 11 is 0. The molecule has 0 fully saturated rings. The van der Waals surface area contributed by atoms with Gasteiger partial charge in [0.15, 0.2) is 0 Å². The van der Waals surface area contributed by atoms with Crippen LogP contribution in [0, 0.1) is 44.5 Å². The number of nitrogens with zero attached hydrogens (tertiary/aromatic N) is 1. The summed E-state index contributed by atoms with van der Waals surface area (Å²) in [6, 6.07) is 0. The van der Waals surface area contributed by atoms with Crippen LogP contribution in [-0.2, 0) is 0 Å². The van der Waals surface area contributed by atoms with E-state index in [4.69, 9.17) is 15.3 Å². The van der Waals surface area contributed by atoms with Gasteiger partial charge >= 0.3 is 0 Å². The largest absolute Gasteiger partial charge is 0.356 e. The van der Waals surface area contributed by atoms with Crippen LogP contribution in [0.4, 0.5) is 0 Å². The summed E-state index contributed by atoms with van der Waals surface area (Å²) in [5.74, 6) is 0. The Bertz CT molecular complexity index is 29.9. The van der Waals surface area contributed by atoms with E-state index in [1.54, 1.807) is 0 Å². The van der Waals surface area contributed by atoms with E-state index < -0.39 is 5.09 Å². The average molecular weight is 306 g/mol. The molecule has 0 aliphatic rings. The second-order valence-electron chi connectivity index (χ2n) is 0.224. The topological polar surface area (TPSA) is 66.2 Å². The van der Waals surface area contributed by atoms with Gasteiger partial charge in [-0.1, -0.05) is 0 Å². The molecule has 0 radical (unpaired) electrons. The fraction of sp³-hybridized carbons (Fsp3) is 0. The third-order valence-electron chi connectivity index (χ3n) is 0. The molecule has 0 aromatic carbocycles. The molecule has 0 saturated carbocycles. The van der Waals surface area contributed by atoms with E-state index in [2.05, 4.69) is 0 Å². The van der Waals surface area contributed by atoms with Gasteiger partial charge in [-0.25, -0.2) is 0 Å². The van der Waals surface area contributed by atoms with Crippen LogP contribution in [0.25, 0.3) is 0 Å². The minimum absolute atomic E-state index is 0. The predicted octanol–water partition coefficient (Wildman–Crippen LogP) is -0.239. The van der Waals surface area contributed by atoms with Crippen molar-refractivity contribution >= 4 is 0 Å². The van der Waals surface area contributed by atoms with Crippen LogP contribution in [0.15, 0.2) is 0 Å². The Hall–Kier alpha value is 0.187. The molecule has 5 heteroatoms. The third kappa shape index (κ3) is 573. The van der Waals surface area contributed by atoms with Crippen LogP contribution in [0.5, 0.6) is 0 Å². The summed E-state index contributed by atoms with van der Waals surface area (Å²) in [7, 11) is 0.